The number of hydrogen-bond donors (Lipinski definition) is 0. The van der Waals surface area contributed by atoms with Gasteiger partial charge in [0.1, 0.15) is 11.5 Å². The summed E-state index contributed by atoms with van der Waals surface area (Å²) in [7, 11) is 1.49. The molecule has 0 N–H and O–H groups in total. The third-order valence-electron chi connectivity index (χ3n) is 6.19. The van der Waals surface area contributed by atoms with Crippen LogP contribution in [0.3, 0.4) is 0 Å². The average molecular weight is 536 g/mol. The predicted octanol–water partition coefficient (Wildman–Crippen LogP) is 4.75. The number of benzene rings is 4. The summed E-state index contributed by atoms with van der Waals surface area (Å²) in [6.07, 6.45) is 0. The molecule has 9 nitrogen and oxygen atoms in total. The number of ether oxygens (including phenoxy) is 3. The highest BCUT2D eigenvalue weighted by atomic mass is 16.5. The maximum absolute atomic E-state index is 12.9. The number of nitrogens with zero attached hydrogens (tertiary/aromatic N) is 1. The maximum Gasteiger partial charge on any atom is 0.343 e. The molecule has 2 amide bonds. The number of Topliss-reactive ketones (excluding diaryl/α,β-unsaturated/α-hetero) is 1. The Labute approximate surface area is 228 Å². The summed E-state index contributed by atoms with van der Waals surface area (Å²) in [6, 6.07) is 24.7. The number of anilines is 1. The van der Waals surface area contributed by atoms with Gasteiger partial charge < -0.3 is 14.2 Å². The van der Waals surface area contributed by atoms with Gasteiger partial charge in [-0.15, -0.1) is 0 Å². The van der Waals surface area contributed by atoms with Crippen LogP contribution in [-0.4, -0.2) is 43.3 Å². The number of rotatable bonds is 8. The van der Waals surface area contributed by atoms with Crippen molar-refractivity contribution in [1.82, 2.24) is 0 Å². The third-order valence-corrected chi connectivity index (χ3v) is 6.19. The number of imide groups is 1. The molecule has 1 heterocycles. The van der Waals surface area contributed by atoms with Crippen LogP contribution >= 0.6 is 0 Å². The number of para-hydroxylation sites is 1. The van der Waals surface area contributed by atoms with Crippen molar-refractivity contribution < 1.29 is 38.2 Å². The third kappa shape index (κ3) is 5.08. The van der Waals surface area contributed by atoms with E-state index in [0.29, 0.717) is 11.3 Å². The molecule has 0 atom stereocenters. The molecular formula is C31H21NO8. The van der Waals surface area contributed by atoms with E-state index in [0.717, 1.165) is 4.90 Å². The number of carbonyl (C=O) groups is 5. The zero-order valence-electron chi connectivity index (χ0n) is 21.2. The second-order valence-electron chi connectivity index (χ2n) is 8.65. The van der Waals surface area contributed by atoms with Gasteiger partial charge in [0.05, 0.1) is 35.1 Å². The summed E-state index contributed by atoms with van der Waals surface area (Å²) in [5, 5.41) is 0. The molecule has 0 saturated heterocycles. The number of hydrogen-bond acceptors (Lipinski definition) is 8. The van der Waals surface area contributed by atoms with Crippen molar-refractivity contribution >= 4 is 35.2 Å². The zero-order valence-corrected chi connectivity index (χ0v) is 21.2. The highest BCUT2D eigenvalue weighted by Gasteiger charge is 2.38. The monoisotopic (exact) mass is 535 g/mol. The summed E-state index contributed by atoms with van der Waals surface area (Å²) >= 11 is 0. The number of amides is 2. The molecule has 0 spiro atoms. The first-order valence-corrected chi connectivity index (χ1v) is 12.1. The van der Waals surface area contributed by atoms with Crippen LogP contribution in [-0.2, 0) is 4.74 Å². The van der Waals surface area contributed by atoms with Crippen molar-refractivity contribution in [3.63, 3.8) is 0 Å². The molecule has 1 aliphatic heterocycles. The van der Waals surface area contributed by atoms with Gasteiger partial charge in [-0.1, -0.05) is 30.3 Å². The first-order chi connectivity index (χ1) is 19.4. The Bertz CT molecular complexity index is 1620. The minimum Gasteiger partial charge on any atom is -0.497 e. The molecule has 198 valence electrons. The van der Waals surface area contributed by atoms with Gasteiger partial charge in [-0.05, 0) is 66.7 Å². The van der Waals surface area contributed by atoms with Gasteiger partial charge in [-0.2, -0.15) is 0 Å². The molecule has 0 unspecified atom stereocenters. The summed E-state index contributed by atoms with van der Waals surface area (Å²) in [6.45, 7) is -0.585. The van der Waals surface area contributed by atoms with E-state index in [1.165, 1.54) is 43.5 Å². The van der Waals surface area contributed by atoms with Crippen LogP contribution in [0.15, 0.2) is 97.1 Å². The van der Waals surface area contributed by atoms with Crippen LogP contribution in [0.2, 0.25) is 0 Å². The lowest BCUT2D eigenvalue weighted by Gasteiger charge is -2.17. The van der Waals surface area contributed by atoms with Crippen LogP contribution in [0.4, 0.5) is 5.69 Å². The number of esters is 2. The van der Waals surface area contributed by atoms with E-state index in [9.17, 15) is 24.0 Å². The Kier molecular flexibility index (Phi) is 7.19. The van der Waals surface area contributed by atoms with Crippen LogP contribution in [0.25, 0.3) is 0 Å². The maximum atomic E-state index is 12.9. The molecule has 0 saturated carbocycles. The van der Waals surface area contributed by atoms with E-state index in [4.69, 9.17) is 14.2 Å². The Balaban J connectivity index is 1.23. The molecule has 40 heavy (non-hydrogen) atoms. The normalized spacial score (nSPS) is 12.1. The number of methoxy groups -OCH3 is 1. The van der Waals surface area contributed by atoms with Crippen molar-refractivity contribution in [1.29, 1.82) is 0 Å². The Morgan fingerprint density at radius 2 is 1.32 bits per heavy atom. The van der Waals surface area contributed by atoms with Crippen LogP contribution in [0.5, 0.6) is 11.5 Å². The first kappa shape index (κ1) is 26.1. The van der Waals surface area contributed by atoms with E-state index in [1.54, 1.807) is 60.7 Å². The zero-order chi connectivity index (χ0) is 28.2. The van der Waals surface area contributed by atoms with E-state index >= 15 is 0 Å². The van der Waals surface area contributed by atoms with Crippen molar-refractivity contribution in [3.05, 3.63) is 125 Å². The summed E-state index contributed by atoms with van der Waals surface area (Å²) < 4.78 is 15.7. The summed E-state index contributed by atoms with van der Waals surface area (Å²) in [5.74, 6) is -2.34. The number of fused-ring (bicyclic) bond motifs is 1. The van der Waals surface area contributed by atoms with E-state index in [-0.39, 0.29) is 33.7 Å². The lowest BCUT2D eigenvalue weighted by atomic mass is 10.1. The van der Waals surface area contributed by atoms with Gasteiger partial charge >= 0.3 is 11.9 Å². The van der Waals surface area contributed by atoms with E-state index in [2.05, 4.69) is 0 Å². The second-order valence-corrected chi connectivity index (χ2v) is 8.65. The predicted molar refractivity (Wildman–Crippen MR) is 143 cm³/mol. The fraction of sp³-hybridized carbons (Fsp3) is 0.0645. The molecule has 0 radical (unpaired) electrons. The SMILES string of the molecule is COc1cccc(C(=O)Oc2ccc(C(=O)COC(=O)c3ccccc3N3C(=O)c4ccccc4C3=O)cc2)c1. The van der Waals surface area contributed by atoms with Crippen molar-refractivity contribution in [2.24, 2.45) is 0 Å². The van der Waals surface area contributed by atoms with Gasteiger partial charge in [0.15, 0.2) is 12.4 Å². The van der Waals surface area contributed by atoms with Gasteiger partial charge in [-0.25, -0.2) is 14.5 Å². The van der Waals surface area contributed by atoms with E-state index < -0.39 is 36.1 Å². The van der Waals surface area contributed by atoms with Crippen LogP contribution in [0, 0.1) is 0 Å². The van der Waals surface area contributed by atoms with Crippen molar-refractivity contribution in [2.75, 3.05) is 18.6 Å². The molecule has 9 heteroatoms. The molecule has 1 aliphatic rings. The number of carbonyl (C=O) groups excluding carboxylic acids is 5. The molecule has 0 aliphatic carbocycles. The molecule has 0 bridgehead atoms. The second kappa shape index (κ2) is 11.0. The smallest absolute Gasteiger partial charge is 0.343 e. The minimum absolute atomic E-state index is 0.0374. The van der Waals surface area contributed by atoms with Gasteiger partial charge in [0.25, 0.3) is 11.8 Å². The molecule has 4 aromatic rings. The quantitative estimate of drug-likeness (QED) is 0.137. The van der Waals surface area contributed by atoms with Gasteiger partial charge in [-0.3, -0.25) is 14.4 Å². The Hall–Kier alpha value is -5.57. The summed E-state index contributed by atoms with van der Waals surface area (Å²) in [5.41, 5.74) is 1.03. The average Bonchev–Trinajstić information content (AvgIpc) is 3.25. The standard InChI is InChI=1S/C31H21NO8/c1-38-22-8-6-7-20(17-22)30(36)40-21-15-13-19(14-16-21)27(33)18-39-31(37)25-11-4-5-12-26(25)32-28(34)23-9-2-3-10-24(23)29(32)35/h2-17H,18H2,1H3. The highest BCUT2D eigenvalue weighted by molar-refractivity contribution is 6.35. The Morgan fingerprint density at radius 3 is 2.00 bits per heavy atom. The molecular weight excluding hydrogens is 514 g/mol. The van der Waals surface area contributed by atoms with Gasteiger partial charge in [0.2, 0.25) is 0 Å². The summed E-state index contributed by atoms with van der Waals surface area (Å²) in [4.78, 5) is 64.7. The van der Waals surface area contributed by atoms with Crippen LogP contribution < -0.4 is 14.4 Å². The lowest BCUT2D eigenvalue weighted by molar-refractivity contribution is 0.0475. The van der Waals surface area contributed by atoms with Gasteiger partial charge in [0, 0.05) is 5.56 Å². The highest BCUT2D eigenvalue weighted by Crippen LogP contribution is 2.31. The Morgan fingerprint density at radius 1 is 0.675 bits per heavy atom. The van der Waals surface area contributed by atoms with Crippen LogP contribution in [0.1, 0.15) is 51.8 Å². The minimum atomic E-state index is -0.871. The molecule has 4 aromatic carbocycles. The fourth-order valence-electron chi connectivity index (χ4n) is 4.17. The molecule has 5 rings (SSSR count). The lowest BCUT2D eigenvalue weighted by Crippen LogP contribution is -2.31. The molecule has 0 fully saturated rings. The fourth-order valence-corrected chi connectivity index (χ4v) is 4.17. The largest absolute Gasteiger partial charge is 0.497 e. The van der Waals surface area contributed by atoms with E-state index in [1.807, 2.05) is 0 Å². The topological polar surface area (TPSA) is 116 Å². The van der Waals surface area contributed by atoms with Crippen molar-refractivity contribution in [3.8, 4) is 11.5 Å². The first-order valence-electron chi connectivity index (χ1n) is 12.1. The molecule has 0 aromatic heterocycles. The van der Waals surface area contributed by atoms with Crippen molar-refractivity contribution in [2.45, 2.75) is 0 Å². The number of ketones is 1.